The number of rotatable bonds is 4. The number of halogens is 3. The smallest absolute Gasteiger partial charge is 0.416 e. The van der Waals surface area contributed by atoms with Gasteiger partial charge in [0.2, 0.25) is 0 Å². The van der Waals surface area contributed by atoms with Gasteiger partial charge in [-0.2, -0.15) is 13.2 Å². The minimum Gasteiger partial charge on any atom is -0.444 e. The number of hydrogen-bond acceptors (Lipinski definition) is 5. The molecule has 3 aromatic rings. The average Bonchev–Trinajstić information content (AvgIpc) is 3.22. The lowest BCUT2D eigenvalue weighted by Gasteiger charge is -2.21. The predicted molar refractivity (Wildman–Crippen MR) is 124 cm³/mol. The van der Waals surface area contributed by atoms with E-state index in [2.05, 4.69) is 26.7 Å². The minimum absolute atomic E-state index is 0.0608. The maximum atomic E-state index is 13.3. The van der Waals surface area contributed by atoms with Crippen LogP contribution in [0.15, 0.2) is 48.8 Å². The maximum Gasteiger partial charge on any atom is 0.416 e. The Bertz CT molecular complexity index is 1220. The third kappa shape index (κ3) is 5.47. The van der Waals surface area contributed by atoms with Gasteiger partial charge in [0.15, 0.2) is 0 Å². The van der Waals surface area contributed by atoms with Crippen LogP contribution in [-0.4, -0.2) is 21.7 Å². The molecular weight excluding hydrogens is 445 g/mol. The molecule has 2 aromatic carbocycles. The molecule has 1 amide bonds. The van der Waals surface area contributed by atoms with Crippen molar-refractivity contribution in [1.82, 2.24) is 9.97 Å². The second kappa shape index (κ2) is 8.96. The van der Waals surface area contributed by atoms with Crippen LogP contribution in [-0.2, 0) is 23.8 Å². The summed E-state index contributed by atoms with van der Waals surface area (Å²) in [7, 11) is 0. The molecule has 0 bridgehead atoms. The summed E-state index contributed by atoms with van der Waals surface area (Å²) in [5, 5.41) is 5.74. The quantitative estimate of drug-likeness (QED) is 0.442. The molecule has 0 spiro atoms. The minimum atomic E-state index is -4.57. The Morgan fingerprint density at radius 3 is 2.53 bits per heavy atom. The van der Waals surface area contributed by atoms with Crippen molar-refractivity contribution in [3.8, 4) is 11.3 Å². The largest absolute Gasteiger partial charge is 0.444 e. The first-order chi connectivity index (χ1) is 16.0. The summed E-state index contributed by atoms with van der Waals surface area (Å²) in [5.41, 5.74) is 2.37. The molecule has 1 aliphatic rings. The number of anilines is 3. The zero-order valence-electron chi connectivity index (χ0n) is 19.1. The van der Waals surface area contributed by atoms with Gasteiger partial charge < -0.3 is 10.1 Å². The number of ether oxygens (including phenoxy) is 1. The molecule has 0 unspecified atom stereocenters. The van der Waals surface area contributed by atoms with E-state index in [0.717, 1.165) is 37.1 Å². The Hall–Kier alpha value is -3.62. The molecule has 0 saturated carbocycles. The fourth-order valence-corrected chi connectivity index (χ4v) is 3.91. The van der Waals surface area contributed by atoms with Crippen LogP contribution in [0.5, 0.6) is 0 Å². The monoisotopic (exact) mass is 470 g/mol. The number of nitrogens with zero attached hydrogens (tertiary/aromatic N) is 2. The SMILES string of the molecule is CC(C)(C)OC(=O)Nc1cc(C(F)(F)F)ccc1-c1cc(Nc2cccc3c2CCC3)ncn1. The molecule has 0 fully saturated rings. The van der Waals surface area contributed by atoms with E-state index >= 15 is 0 Å². The standard InChI is InChI=1S/C25H25F3N4O2/c1-24(2,3)34-23(33)32-21-12-16(25(26,27)28)10-11-18(21)20-13-22(30-14-29-20)31-19-9-5-7-15-6-4-8-17(15)19/h5,7,9-14H,4,6,8H2,1-3H3,(H,32,33)(H,29,30,31). The number of benzene rings is 2. The summed E-state index contributed by atoms with van der Waals surface area (Å²) < 4.78 is 45.3. The maximum absolute atomic E-state index is 13.3. The molecule has 178 valence electrons. The van der Waals surface area contributed by atoms with Crippen molar-refractivity contribution in [2.75, 3.05) is 10.6 Å². The predicted octanol–water partition coefficient (Wildman–Crippen LogP) is 6.74. The summed E-state index contributed by atoms with van der Waals surface area (Å²) in [6.07, 6.45) is -1.01. The number of carbonyl (C=O) groups is 1. The Balaban J connectivity index is 1.68. The second-order valence-electron chi connectivity index (χ2n) is 9.10. The first kappa shape index (κ1) is 23.5. The van der Waals surface area contributed by atoms with Gasteiger partial charge in [-0.05, 0) is 69.4 Å². The molecule has 2 N–H and O–H groups in total. The van der Waals surface area contributed by atoms with E-state index < -0.39 is 23.4 Å². The lowest BCUT2D eigenvalue weighted by Crippen LogP contribution is -2.27. The molecule has 6 nitrogen and oxygen atoms in total. The number of amides is 1. The summed E-state index contributed by atoms with van der Waals surface area (Å²) in [4.78, 5) is 20.8. The molecule has 0 saturated heterocycles. The third-order valence-electron chi connectivity index (χ3n) is 5.33. The van der Waals surface area contributed by atoms with Crippen molar-refractivity contribution in [3.05, 3.63) is 65.5 Å². The Kier molecular flexibility index (Phi) is 6.20. The first-order valence-electron chi connectivity index (χ1n) is 10.9. The highest BCUT2D eigenvalue weighted by molar-refractivity contribution is 5.91. The normalized spacial score (nSPS) is 13.4. The van der Waals surface area contributed by atoms with Crippen molar-refractivity contribution in [1.29, 1.82) is 0 Å². The zero-order chi connectivity index (χ0) is 24.5. The van der Waals surface area contributed by atoms with Gasteiger partial charge in [-0.15, -0.1) is 0 Å². The van der Waals surface area contributed by atoms with Gasteiger partial charge in [0.1, 0.15) is 17.7 Å². The average molecular weight is 470 g/mol. The molecule has 0 atom stereocenters. The van der Waals surface area contributed by atoms with E-state index in [1.165, 1.54) is 23.5 Å². The van der Waals surface area contributed by atoms with E-state index in [1.807, 2.05) is 12.1 Å². The summed E-state index contributed by atoms with van der Waals surface area (Å²) in [5.74, 6) is 0.494. The molecule has 0 aliphatic heterocycles. The van der Waals surface area contributed by atoms with E-state index in [-0.39, 0.29) is 5.69 Å². The van der Waals surface area contributed by atoms with Crippen LogP contribution < -0.4 is 10.6 Å². The zero-order valence-corrected chi connectivity index (χ0v) is 19.1. The van der Waals surface area contributed by atoms with Crippen LogP contribution in [0, 0.1) is 0 Å². The van der Waals surface area contributed by atoms with E-state index in [4.69, 9.17) is 4.74 Å². The molecule has 1 aromatic heterocycles. The number of aromatic nitrogens is 2. The van der Waals surface area contributed by atoms with Gasteiger partial charge in [-0.1, -0.05) is 18.2 Å². The molecule has 1 aliphatic carbocycles. The number of alkyl halides is 3. The second-order valence-corrected chi connectivity index (χ2v) is 9.10. The van der Waals surface area contributed by atoms with Crippen molar-refractivity contribution in [3.63, 3.8) is 0 Å². The van der Waals surface area contributed by atoms with Crippen LogP contribution in [0.3, 0.4) is 0 Å². The van der Waals surface area contributed by atoms with Gasteiger partial charge in [-0.25, -0.2) is 14.8 Å². The Morgan fingerprint density at radius 1 is 1.00 bits per heavy atom. The summed E-state index contributed by atoms with van der Waals surface area (Å²) in [6.45, 7) is 5.01. The molecule has 34 heavy (non-hydrogen) atoms. The number of nitrogens with one attached hydrogen (secondary N) is 2. The molecule has 0 radical (unpaired) electrons. The van der Waals surface area contributed by atoms with Crippen LogP contribution in [0.25, 0.3) is 11.3 Å². The van der Waals surface area contributed by atoms with Crippen LogP contribution >= 0.6 is 0 Å². The van der Waals surface area contributed by atoms with E-state index in [1.54, 1.807) is 26.8 Å². The topological polar surface area (TPSA) is 76.1 Å². The van der Waals surface area contributed by atoms with Crippen LogP contribution in [0.2, 0.25) is 0 Å². The molecule has 9 heteroatoms. The number of carbonyl (C=O) groups excluding carboxylic acids is 1. The fraction of sp³-hybridized carbons (Fsp3) is 0.320. The Morgan fingerprint density at radius 2 is 1.79 bits per heavy atom. The Labute approximate surface area is 195 Å². The summed E-state index contributed by atoms with van der Waals surface area (Å²) in [6, 6.07) is 10.8. The van der Waals surface area contributed by atoms with Gasteiger partial charge in [0, 0.05) is 17.3 Å². The van der Waals surface area contributed by atoms with Crippen molar-refractivity contribution in [2.24, 2.45) is 0 Å². The number of fused-ring (bicyclic) bond motifs is 1. The first-order valence-corrected chi connectivity index (χ1v) is 10.9. The highest BCUT2D eigenvalue weighted by Gasteiger charge is 2.31. The fourth-order valence-electron chi connectivity index (χ4n) is 3.91. The van der Waals surface area contributed by atoms with Gasteiger partial charge in [-0.3, -0.25) is 5.32 Å². The number of hydrogen-bond donors (Lipinski definition) is 2. The van der Waals surface area contributed by atoms with Crippen LogP contribution in [0.1, 0.15) is 43.9 Å². The van der Waals surface area contributed by atoms with E-state index in [0.29, 0.717) is 17.1 Å². The van der Waals surface area contributed by atoms with Gasteiger partial charge in [0.25, 0.3) is 0 Å². The third-order valence-corrected chi connectivity index (χ3v) is 5.33. The van der Waals surface area contributed by atoms with Gasteiger partial charge in [0.05, 0.1) is 16.9 Å². The highest BCUT2D eigenvalue weighted by Crippen LogP contribution is 2.36. The van der Waals surface area contributed by atoms with Crippen molar-refractivity contribution in [2.45, 2.75) is 51.8 Å². The van der Waals surface area contributed by atoms with E-state index in [9.17, 15) is 18.0 Å². The lowest BCUT2D eigenvalue weighted by molar-refractivity contribution is -0.137. The van der Waals surface area contributed by atoms with Crippen molar-refractivity contribution < 1.29 is 22.7 Å². The highest BCUT2D eigenvalue weighted by atomic mass is 19.4. The van der Waals surface area contributed by atoms with Crippen molar-refractivity contribution >= 4 is 23.3 Å². The molecule has 1 heterocycles. The van der Waals surface area contributed by atoms with Crippen LogP contribution in [0.4, 0.5) is 35.2 Å². The lowest BCUT2D eigenvalue weighted by atomic mass is 10.0. The number of aryl methyl sites for hydroxylation is 1. The molecular formula is C25H25F3N4O2. The molecule has 4 rings (SSSR count). The van der Waals surface area contributed by atoms with Gasteiger partial charge >= 0.3 is 12.3 Å². The summed E-state index contributed by atoms with van der Waals surface area (Å²) >= 11 is 0.